The number of aryl methyl sites for hydroxylation is 1. The van der Waals surface area contributed by atoms with Crippen LogP contribution in [0, 0.1) is 6.92 Å². The van der Waals surface area contributed by atoms with E-state index >= 15 is 0 Å². The van der Waals surface area contributed by atoms with Crippen LogP contribution in [-0.2, 0) is 9.84 Å². The average molecular weight is 267 g/mol. The van der Waals surface area contributed by atoms with Gasteiger partial charge in [0.2, 0.25) is 0 Å². The minimum atomic E-state index is -2.97. The van der Waals surface area contributed by atoms with Gasteiger partial charge in [-0.2, -0.15) is 0 Å². The van der Waals surface area contributed by atoms with Crippen molar-refractivity contribution in [1.82, 2.24) is 14.9 Å². The number of amides is 1. The first-order valence-corrected chi connectivity index (χ1v) is 7.50. The second-order valence-electron chi connectivity index (χ2n) is 4.84. The minimum absolute atomic E-state index is 0.0860. The van der Waals surface area contributed by atoms with E-state index in [1.54, 1.807) is 11.8 Å². The van der Waals surface area contributed by atoms with Gasteiger partial charge < -0.3 is 4.90 Å². The number of carbonyl (C=O) groups excluding carboxylic acids is 1. The summed E-state index contributed by atoms with van der Waals surface area (Å²) in [5.74, 6) is -0.132. The SMILES string of the molecule is Cc1cnc(C(=O)N2CC3CC2CS3(=O)=O)cn1. The molecule has 1 aromatic rings. The van der Waals surface area contributed by atoms with E-state index in [0.717, 1.165) is 5.69 Å². The Bertz CT molecular complexity index is 596. The van der Waals surface area contributed by atoms with Crippen molar-refractivity contribution in [3.05, 3.63) is 23.8 Å². The van der Waals surface area contributed by atoms with Crippen LogP contribution in [0.3, 0.4) is 0 Å². The van der Waals surface area contributed by atoms with Gasteiger partial charge in [0, 0.05) is 18.8 Å². The number of hydrogen-bond acceptors (Lipinski definition) is 5. The van der Waals surface area contributed by atoms with Gasteiger partial charge in [0.1, 0.15) is 5.69 Å². The largest absolute Gasteiger partial charge is 0.332 e. The molecule has 0 saturated carbocycles. The molecule has 3 rings (SSSR count). The molecule has 7 heteroatoms. The third-order valence-electron chi connectivity index (χ3n) is 3.57. The molecule has 2 unspecified atom stereocenters. The van der Waals surface area contributed by atoms with Gasteiger partial charge in [0.15, 0.2) is 9.84 Å². The predicted molar refractivity (Wildman–Crippen MR) is 63.8 cm³/mol. The Labute approximate surface area is 105 Å². The van der Waals surface area contributed by atoms with Crippen LogP contribution >= 0.6 is 0 Å². The monoisotopic (exact) mass is 267 g/mol. The van der Waals surface area contributed by atoms with E-state index in [9.17, 15) is 13.2 Å². The Hall–Kier alpha value is -1.50. The highest BCUT2D eigenvalue weighted by molar-refractivity contribution is 7.92. The number of fused-ring (bicyclic) bond motifs is 2. The van der Waals surface area contributed by atoms with Gasteiger partial charge in [-0.15, -0.1) is 0 Å². The number of aromatic nitrogens is 2. The summed E-state index contributed by atoms with van der Waals surface area (Å²) in [7, 11) is -2.97. The maximum absolute atomic E-state index is 12.2. The van der Waals surface area contributed by atoms with E-state index in [-0.39, 0.29) is 28.6 Å². The molecule has 2 bridgehead atoms. The highest BCUT2D eigenvalue weighted by Crippen LogP contribution is 2.33. The minimum Gasteiger partial charge on any atom is -0.332 e. The third-order valence-corrected chi connectivity index (χ3v) is 5.78. The first kappa shape index (κ1) is 11.6. The number of rotatable bonds is 1. The van der Waals surface area contributed by atoms with E-state index in [2.05, 4.69) is 9.97 Å². The molecule has 0 spiro atoms. The molecule has 0 aromatic carbocycles. The van der Waals surface area contributed by atoms with E-state index < -0.39 is 9.84 Å². The van der Waals surface area contributed by atoms with Crippen LogP contribution in [0.15, 0.2) is 12.4 Å². The first-order chi connectivity index (χ1) is 8.47. The van der Waals surface area contributed by atoms with Crippen LogP contribution in [0.2, 0.25) is 0 Å². The molecule has 0 radical (unpaired) electrons. The molecule has 96 valence electrons. The van der Waals surface area contributed by atoms with E-state index in [4.69, 9.17) is 0 Å². The molecule has 2 atom stereocenters. The van der Waals surface area contributed by atoms with Gasteiger partial charge in [-0.05, 0) is 13.3 Å². The first-order valence-electron chi connectivity index (χ1n) is 5.78. The summed E-state index contributed by atoms with van der Waals surface area (Å²) in [4.78, 5) is 21.9. The maximum Gasteiger partial charge on any atom is 0.274 e. The molecule has 2 fully saturated rings. The normalized spacial score (nSPS) is 28.6. The van der Waals surface area contributed by atoms with E-state index in [1.165, 1.54) is 12.4 Å². The van der Waals surface area contributed by atoms with Crippen molar-refractivity contribution in [2.75, 3.05) is 12.3 Å². The van der Waals surface area contributed by atoms with Gasteiger partial charge in [0.25, 0.3) is 5.91 Å². The van der Waals surface area contributed by atoms with Gasteiger partial charge in [-0.25, -0.2) is 13.4 Å². The molecule has 1 aromatic heterocycles. The molecular weight excluding hydrogens is 254 g/mol. The van der Waals surface area contributed by atoms with Gasteiger partial charge >= 0.3 is 0 Å². The molecule has 3 heterocycles. The lowest BCUT2D eigenvalue weighted by molar-refractivity contribution is 0.0739. The fraction of sp³-hybridized carbons (Fsp3) is 0.545. The Morgan fingerprint density at radius 1 is 1.39 bits per heavy atom. The van der Waals surface area contributed by atoms with E-state index in [1.807, 2.05) is 0 Å². The smallest absolute Gasteiger partial charge is 0.274 e. The molecule has 0 aliphatic carbocycles. The van der Waals surface area contributed by atoms with Crippen molar-refractivity contribution in [2.45, 2.75) is 24.6 Å². The Morgan fingerprint density at radius 2 is 2.17 bits per heavy atom. The van der Waals surface area contributed by atoms with Crippen molar-refractivity contribution in [1.29, 1.82) is 0 Å². The van der Waals surface area contributed by atoms with Crippen LogP contribution in [0.1, 0.15) is 22.6 Å². The van der Waals surface area contributed by atoms with E-state index in [0.29, 0.717) is 13.0 Å². The second-order valence-corrected chi connectivity index (χ2v) is 7.17. The van der Waals surface area contributed by atoms with Crippen LogP contribution in [0.4, 0.5) is 0 Å². The zero-order chi connectivity index (χ0) is 12.9. The molecule has 2 aliphatic rings. The van der Waals surface area contributed by atoms with Crippen LogP contribution in [0.5, 0.6) is 0 Å². The van der Waals surface area contributed by atoms with Gasteiger partial charge in [-0.1, -0.05) is 0 Å². The van der Waals surface area contributed by atoms with Crippen LogP contribution < -0.4 is 0 Å². The summed E-state index contributed by atoms with van der Waals surface area (Å²) in [6.45, 7) is 2.09. The van der Waals surface area contributed by atoms with Gasteiger partial charge in [0.05, 0.1) is 22.9 Å². The van der Waals surface area contributed by atoms with Crippen molar-refractivity contribution < 1.29 is 13.2 Å². The van der Waals surface area contributed by atoms with Crippen molar-refractivity contribution in [3.63, 3.8) is 0 Å². The van der Waals surface area contributed by atoms with Crippen LogP contribution in [-0.4, -0.2) is 52.8 Å². The second kappa shape index (κ2) is 3.74. The van der Waals surface area contributed by atoms with Crippen molar-refractivity contribution in [2.24, 2.45) is 0 Å². The summed E-state index contributed by atoms with van der Waals surface area (Å²) in [5.41, 5.74) is 1.03. The highest BCUT2D eigenvalue weighted by Gasteiger charge is 2.50. The zero-order valence-electron chi connectivity index (χ0n) is 9.91. The number of carbonyl (C=O) groups is 1. The lowest BCUT2D eigenvalue weighted by atomic mass is 10.2. The quantitative estimate of drug-likeness (QED) is 0.703. The van der Waals surface area contributed by atoms with Crippen LogP contribution in [0.25, 0.3) is 0 Å². The number of nitrogens with zero attached hydrogens (tertiary/aromatic N) is 3. The molecule has 2 aliphatic heterocycles. The number of hydrogen-bond donors (Lipinski definition) is 0. The lowest BCUT2D eigenvalue weighted by Crippen LogP contribution is -2.44. The molecule has 1 amide bonds. The lowest BCUT2D eigenvalue weighted by Gasteiger charge is -2.26. The molecule has 2 saturated heterocycles. The Morgan fingerprint density at radius 3 is 2.67 bits per heavy atom. The zero-order valence-corrected chi connectivity index (χ0v) is 10.7. The predicted octanol–water partition coefficient (Wildman–Crippen LogP) is -0.203. The number of sulfone groups is 1. The molecular formula is C11H13N3O3S. The summed E-state index contributed by atoms with van der Waals surface area (Å²) >= 11 is 0. The average Bonchev–Trinajstić information content (AvgIpc) is 2.84. The molecule has 6 nitrogen and oxygen atoms in total. The summed E-state index contributed by atoms with van der Waals surface area (Å²) < 4.78 is 23.2. The number of likely N-dealkylation sites (tertiary alicyclic amines) is 1. The highest BCUT2D eigenvalue weighted by atomic mass is 32.2. The van der Waals surface area contributed by atoms with Crippen molar-refractivity contribution in [3.8, 4) is 0 Å². The fourth-order valence-electron chi connectivity index (χ4n) is 2.60. The maximum atomic E-state index is 12.2. The van der Waals surface area contributed by atoms with Gasteiger partial charge in [-0.3, -0.25) is 9.78 Å². The summed E-state index contributed by atoms with van der Waals surface area (Å²) in [6.07, 6.45) is 3.55. The topological polar surface area (TPSA) is 80.2 Å². The third kappa shape index (κ3) is 1.69. The molecule has 0 N–H and O–H groups in total. The Kier molecular flexibility index (Phi) is 2.41. The molecule has 18 heavy (non-hydrogen) atoms. The summed E-state index contributed by atoms with van der Waals surface area (Å²) in [5, 5.41) is -0.384. The standard InChI is InChI=1S/C11H13N3O3S/c1-7-3-13-10(4-12-7)11(15)14-5-9-2-8(14)6-18(9,16)17/h3-4,8-9H,2,5-6H2,1H3. The fourth-order valence-corrected chi connectivity index (χ4v) is 4.62. The Balaban J connectivity index is 1.82. The van der Waals surface area contributed by atoms with Crippen molar-refractivity contribution >= 4 is 15.7 Å². The summed E-state index contributed by atoms with van der Waals surface area (Å²) in [6, 6.07) is -0.185.